The van der Waals surface area contributed by atoms with Crippen LogP contribution in [0.25, 0.3) is 10.9 Å². The molecule has 2 rings (SSSR count). The first kappa shape index (κ1) is 8.81. The van der Waals surface area contributed by atoms with E-state index in [4.69, 9.17) is 0 Å². The van der Waals surface area contributed by atoms with Crippen LogP contribution >= 0.6 is 0 Å². The average molecular weight is 188 g/mol. The molecule has 0 radical (unpaired) electrons. The molecule has 0 N–H and O–H groups in total. The Hall–Kier alpha value is -1.77. The van der Waals surface area contributed by atoms with Gasteiger partial charge in [0, 0.05) is 17.0 Å². The number of aryl methyl sites for hydroxylation is 2. The number of fused-ring (bicyclic) bond motifs is 1. The van der Waals surface area contributed by atoms with Crippen LogP contribution in [0, 0.1) is 19.1 Å². The van der Waals surface area contributed by atoms with Crippen LogP contribution in [0.3, 0.4) is 0 Å². The third kappa shape index (κ3) is 1.18. The monoisotopic (exact) mass is 188 g/mol. The fraction of sp³-hybridized carbons (Fsp3) is 0.182. The Bertz CT molecular complexity index is 555. The first-order chi connectivity index (χ1) is 6.59. The van der Waals surface area contributed by atoms with E-state index in [1.165, 1.54) is 6.07 Å². The third-order valence-electron chi connectivity index (χ3n) is 2.34. The maximum absolute atomic E-state index is 11.4. The zero-order valence-corrected chi connectivity index (χ0v) is 8.07. The molecule has 0 atom stereocenters. The molecule has 3 heteroatoms. The molecule has 0 unspecified atom stereocenters. The third-order valence-corrected chi connectivity index (χ3v) is 2.34. The highest BCUT2D eigenvalue weighted by Gasteiger charge is 2.00. The minimum atomic E-state index is -0.501. The second-order valence-corrected chi connectivity index (χ2v) is 3.48. The molecule has 0 aliphatic carbocycles. The van der Waals surface area contributed by atoms with Gasteiger partial charge >= 0.3 is 0 Å². The van der Waals surface area contributed by atoms with Crippen LogP contribution in [0.15, 0.2) is 29.1 Å². The van der Waals surface area contributed by atoms with Crippen molar-refractivity contribution < 1.29 is 0 Å². The fourth-order valence-electron chi connectivity index (χ4n) is 1.58. The zero-order valence-electron chi connectivity index (χ0n) is 8.07. The molecule has 0 saturated heterocycles. The lowest BCUT2D eigenvalue weighted by atomic mass is 10.1. The van der Waals surface area contributed by atoms with E-state index in [2.05, 4.69) is 0 Å². The van der Waals surface area contributed by atoms with E-state index >= 15 is 0 Å². The van der Waals surface area contributed by atoms with E-state index in [9.17, 15) is 10.0 Å². The number of nitrogens with zero attached hydrogens (tertiary/aromatic N) is 1. The van der Waals surface area contributed by atoms with Gasteiger partial charge in [-0.3, -0.25) is 4.79 Å². The van der Waals surface area contributed by atoms with Crippen LogP contribution in [-0.4, -0.2) is 4.73 Å². The highest BCUT2D eigenvalue weighted by Crippen LogP contribution is 2.17. The van der Waals surface area contributed by atoms with Crippen LogP contribution in [0.5, 0.6) is 0 Å². The van der Waals surface area contributed by atoms with Gasteiger partial charge < -0.3 is 9.94 Å². The molecule has 0 saturated carbocycles. The van der Waals surface area contributed by atoms with Gasteiger partial charge in [0.25, 0.3) is 0 Å². The molecule has 0 aliphatic rings. The van der Waals surface area contributed by atoms with E-state index in [1.807, 2.05) is 26.0 Å². The summed E-state index contributed by atoms with van der Waals surface area (Å²) in [5, 5.41) is 12.2. The quantitative estimate of drug-likeness (QED) is 0.634. The Morgan fingerprint density at radius 1 is 1.21 bits per heavy atom. The molecule has 0 aliphatic heterocycles. The molecule has 0 spiro atoms. The SMILES string of the molecule is Cc1ccc2c(c1)c(C)cc(=O)n2[O-]. The number of rotatable bonds is 0. The van der Waals surface area contributed by atoms with Crippen LogP contribution in [-0.2, 0) is 0 Å². The molecule has 1 aromatic heterocycles. The van der Waals surface area contributed by atoms with Gasteiger partial charge in [0.05, 0.1) is 0 Å². The van der Waals surface area contributed by atoms with Crippen LogP contribution in [0.2, 0.25) is 0 Å². The highest BCUT2D eigenvalue weighted by molar-refractivity contribution is 5.83. The molecule has 3 nitrogen and oxygen atoms in total. The van der Waals surface area contributed by atoms with Gasteiger partial charge in [-0.05, 0) is 31.5 Å². The van der Waals surface area contributed by atoms with Gasteiger partial charge in [-0.2, -0.15) is 0 Å². The number of pyridine rings is 1. The smallest absolute Gasteiger partial charge is 0.246 e. The largest absolute Gasteiger partial charge is 0.803 e. The summed E-state index contributed by atoms with van der Waals surface area (Å²) in [6.45, 7) is 3.79. The first-order valence-corrected chi connectivity index (χ1v) is 4.40. The Kier molecular flexibility index (Phi) is 1.81. The Morgan fingerprint density at radius 3 is 2.64 bits per heavy atom. The fourth-order valence-corrected chi connectivity index (χ4v) is 1.58. The second-order valence-electron chi connectivity index (χ2n) is 3.48. The van der Waals surface area contributed by atoms with Gasteiger partial charge in [-0.15, -0.1) is 0 Å². The molecule has 1 aromatic carbocycles. The Morgan fingerprint density at radius 2 is 1.93 bits per heavy atom. The van der Waals surface area contributed by atoms with Crippen molar-refractivity contribution in [2.75, 3.05) is 0 Å². The molecule has 0 bridgehead atoms. The summed E-state index contributed by atoms with van der Waals surface area (Å²) in [4.78, 5) is 11.2. The van der Waals surface area contributed by atoms with Crippen molar-refractivity contribution in [2.24, 2.45) is 0 Å². The normalized spacial score (nSPS) is 10.7. The van der Waals surface area contributed by atoms with Gasteiger partial charge in [-0.25, -0.2) is 0 Å². The Balaban J connectivity index is 3.02. The van der Waals surface area contributed by atoms with Crippen molar-refractivity contribution in [2.45, 2.75) is 13.8 Å². The van der Waals surface area contributed by atoms with Gasteiger partial charge in [0.1, 0.15) is 0 Å². The lowest BCUT2D eigenvalue weighted by Crippen LogP contribution is -2.15. The minimum Gasteiger partial charge on any atom is -0.803 e. The highest BCUT2D eigenvalue weighted by atomic mass is 16.5. The van der Waals surface area contributed by atoms with Crippen molar-refractivity contribution in [3.63, 3.8) is 0 Å². The van der Waals surface area contributed by atoms with E-state index in [0.29, 0.717) is 10.2 Å². The minimum absolute atomic E-state index is 0.432. The Labute approximate surface area is 81.2 Å². The number of hydrogen-bond acceptors (Lipinski definition) is 2. The van der Waals surface area contributed by atoms with Crippen LogP contribution in [0.1, 0.15) is 11.1 Å². The maximum Gasteiger partial charge on any atom is 0.246 e. The van der Waals surface area contributed by atoms with E-state index in [0.717, 1.165) is 16.5 Å². The summed E-state index contributed by atoms with van der Waals surface area (Å²) in [7, 11) is 0. The average Bonchev–Trinajstić information content (AvgIpc) is 2.14. The van der Waals surface area contributed by atoms with Crippen molar-refractivity contribution in [3.05, 3.63) is 51.0 Å². The molecule has 14 heavy (non-hydrogen) atoms. The summed E-state index contributed by atoms with van der Waals surface area (Å²) in [5.74, 6) is 0. The molecule has 2 aromatic rings. The number of aromatic nitrogens is 1. The summed E-state index contributed by atoms with van der Waals surface area (Å²) in [6.07, 6.45) is 0. The van der Waals surface area contributed by atoms with Crippen molar-refractivity contribution in [1.29, 1.82) is 0 Å². The maximum atomic E-state index is 11.4. The van der Waals surface area contributed by atoms with Crippen LogP contribution < -0.4 is 5.56 Å². The number of benzene rings is 1. The predicted molar refractivity (Wildman–Crippen MR) is 56.4 cm³/mol. The standard InChI is InChI=1S/C11H10NO2/c1-7-3-4-10-9(5-7)8(2)6-11(13)12(10)14/h3-6H,1-2H3/q-1. The molecular weight excluding hydrogens is 178 g/mol. The predicted octanol–water partition coefficient (Wildman–Crippen LogP) is 1.96. The number of hydrogen-bond donors (Lipinski definition) is 0. The second kappa shape index (κ2) is 2.87. The summed E-state index contributed by atoms with van der Waals surface area (Å²) in [5.41, 5.74) is 1.87. The lowest BCUT2D eigenvalue weighted by Gasteiger charge is -2.14. The molecule has 72 valence electrons. The van der Waals surface area contributed by atoms with Crippen molar-refractivity contribution in [1.82, 2.24) is 4.73 Å². The van der Waals surface area contributed by atoms with Gasteiger partial charge in [0.15, 0.2) is 0 Å². The molecule has 0 fully saturated rings. The topological polar surface area (TPSA) is 45.1 Å². The molecule has 1 heterocycles. The summed E-state index contributed by atoms with van der Waals surface area (Å²) < 4.78 is 0.432. The molecule has 0 amide bonds. The first-order valence-electron chi connectivity index (χ1n) is 4.40. The molecular formula is C11H10NO2-. The summed E-state index contributed by atoms with van der Waals surface area (Å²) >= 11 is 0. The van der Waals surface area contributed by atoms with Crippen LogP contribution in [0.4, 0.5) is 0 Å². The van der Waals surface area contributed by atoms with Gasteiger partial charge in [0.2, 0.25) is 5.56 Å². The van der Waals surface area contributed by atoms with E-state index in [1.54, 1.807) is 6.07 Å². The zero-order chi connectivity index (χ0) is 10.3. The van der Waals surface area contributed by atoms with Crippen molar-refractivity contribution in [3.8, 4) is 0 Å². The van der Waals surface area contributed by atoms with Crippen molar-refractivity contribution >= 4 is 10.9 Å². The summed E-state index contributed by atoms with van der Waals surface area (Å²) in [6, 6.07) is 6.80. The van der Waals surface area contributed by atoms with Gasteiger partial charge in [-0.1, -0.05) is 11.6 Å². The van der Waals surface area contributed by atoms with E-state index in [-0.39, 0.29) is 0 Å². The van der Waals surface area contributed by atoms with E-state index < -0.39 is 5.56 Å². The lowest BCUT2D eigenvalue weighted by molar-refractivity contribution is 1.05.